The molecule has 2 rings (SSSR count). The molecular weight excluding hydrogens is 322 g/mol. The summed E-state index contributed by atoms with van der Waals surface area (Å²) in [6.07, 6.45) is 0.350. The Labute approximate surface area is 146 Å². The van der Waals surface area contributed by atoms with Crippen molar-refractivity contribution in [2.75, 3.05) is 19.4 Å². The molecule has 0 aliphatic heterocycles. The van der Waals surface area contributed by atoms with E-state index in [1.165, 1.54) is 0 Å². The first-order valence-corrected chi connectivity index (χ1v) is 7.83. The van der Waals surface area contributed by atoms with Crippen LogP contribution in [0.4, 0.5) is 5.69 Å². The normalized spacial score (nSPS) is 9.92. The van der Waals surface area contributed by atoms with Gasteiger partial charge in [0.1, 0.15) is 0 Å². The first-order chi connectivity index (χ1) is 11.5. The summed E-state index contributed by atoms with van der Waals surface area (Å²) < 4.78 is 0. The Hall–Kier alpha value is -2.73. The summed E-state index contributed by atoms with van der Waals surface area (Å²) >= 11 is 5.15. The summed E-state index contributed by atoms with van der Waals surface area (Å²) in [5.41, 5.74) is 2.20. The number of thiocarbonyl (C=S) groups is 1. The average molecular weight is 341 g/mol. The average Bonchev–Trinajstić information content (AvgIpc) is 2.57. The molecular formula is C18H19N3O2S. The fraction of sp³-hybridized carbons (Fsp3) is 0.167. The number of amides is 2. The molecule has 0 heterocycles. The van der Waals surface area contributed by atoms with Crippen LogP contribution in [0, 0.1) is 0 Å². The highest BCUT2D eigenvalue weighted by atomic mass is 32.1. The van der Waals surface area contributed by atoms with Gasteiger partial charge in [0.25, 0.3) is 5.91 Å². The van der Waals surface area contributed by atoms with Crippen LogP contribution in [0.2, 0.25) is 0 Å². The third-order valence-electron chi connectivity index (χ3n) is 3.33. The lowest BCUT2D eigenvalue weighted by Gasteiger charge is -2.12. The summed E-state index contributed by atoms with van der Waals surface area (Å²) in [5.74, 6) is -0.220. The van der Waals surface area contributed by atoms with Gasteiger partial charge in [-0.25, -0.2) is 0 Å². The van der Waals surface area contributed by atoms with Crippen LogP contribution in [0.15, 0.2) is 54.6 Å². The number of hydrogen-bond donors (Lipinski definition) is 2. The number of nitrogens with zero attached hydrogens (tertiary/aromatic N) is 1. The summed E-state index contributed by atoms with van der Waals surface area (Å²) in [6.45, 7) is 0. The van der Waals surface area contributed by atoms with Gasteiger partial charge in [0.05, 0.1) is 6.42 Å². The molecule has 2 aromatic carbocycles. The van der Waals surface area contributed by atoms with E-state index in [-0.39, 0.29) is 16.9 Å². The summed E-state index contributed by atoms with van der Waals surface area (Å²) in [4.78, 5) is 25.2. The molecule has 0 bridgehead atoms. The highest BCUT2D eigenvalue weighted by Crippen LogP contribution is 2.11. The predicted octanol–water partition coefficient (Wildman–Crippen LogP) is 2.44. The molecule has 0 aliphatic carbocycles. The molecule has 0 saturated heterocycles. The number of anilines is 1. The zero-order valence-corrected chi connectivity index (χ0v) is 14.4. The van der Waals surface area contributed by atoms with Crippen molar-refractivity contribution in [1.29, 1.82) is 0 Å². The van der Waals surface area contributed by atoms with Gasteiger partial charge in [-0.2, -0.15) is 0 Å². The van der Waals surface area contributed by atoms with E-state index in [2.05, 4.69) is 10.6 Å². The number of rotatable bonds is 4. The Bertz CT molecular complexity index is 728. The molecule has 24 heavy (non-hydrogen) atoms. The number of benzene rings is 2. The summed E-state index contributed by atoms with van der Waals surface area (Å²) in [7, 11) is 3.46. The van der Waals surface area contributed by atoms with Gasteiger partial charge in [-0.1, -0.05) is 30.3 Å². The maximum atomic E-state index is 12.0. The molecule has 0 fully saturated rings. The Morgan fingerprint density at radius 3 is 2.21 bits per heavy atom. The number of hydrogen-bond acceptors (Lipinski definition) is 3. The van der Waals surface area contributed by atoms with Crippen LogP contribution < -0.4 is 10.6 Å². The monoisotopic (exact) mass is 341 g/mol. The van der Waals surface area contributed by atoms with Crippen molar-refractivity contribution in [2.24, 2.45) is 0 Å². The number of nitrogens with one attached hydrogen (secondary N) is 2. The Kier molecular flexibility index (Phi) is 6.03. The van der Waals surface area contributed by atoms with Gasteiger partial charge in [0.15, 0.2) is 5.11 Å². The maximum absolute atomic E-state index is 12.0. The van der Waals surface area contributed by atoms with Crippen LogP contribution in [0.3, 0.4) is 0 Å². The van der Waals surface area contributed by atoms with E-state index in [0.717, 1.165) is 11.3 Å². The molecule has 0 aromatic heterocycles. The lowest BCUT2D eigenvalue weighted by Crippen LogP contribution is -2.34. The maximum Gasteiger partial charge on any atom is 0.257 e. The quantitative estimate of drug-likeness (QED) is 0.839. The first kappa shape index (κ1) is 17.6. The smallest absolute Gasteiger partial charge is 0.257 e. The highest BCUT2D eigenvalue weighted by Gasteiger charge is 2.08. The standard InChI is InChI=1S/C18H19N3O2S/c1-21(2)16(22)12-13-8-10-15(11-9-13)19-18(24)20-17(23)14-6-4-3-5-7-14/h3-11H,12H2,1-2H3,(H2,19,20,23,24). The second-order valence-corrected chi connectivity index (χ2v) is 5.84. The lowest BCUT2D eigenvalue weighted by molar-refractivity contribution is -0.127. The van der Waals surface area contributed by atoms with Crippen LogP contribution >= 0.6 is 12.2 Å². The first-order valence-electron chi connectivity index (χ1n) is 7.42. The molecule has 6 heteroatoms. The van der Waals surface area contributed by atoms with Gasteiger partial charge in [-0.05, 0) is 42.0 Å². The fourth-order valence-electron chi connectivity index (χ4n) is 1.97. The number of likely N-dealkylation sites (N-methyl/N-ethyl adjacent to an activating group) is 1. The van der Waals surface area contributed by atoms with E-state index in [1.54, 1.807) is 43.3 Å². The molecule has 0 unspecified atom stereocenters. The van der Waals surface area contributed by atoms with E-state index >= 15 is 0 Å². The van der Waals surface area contributed by atoms with E-state index < -0.39 is 0 Å². The number of carbonyl (C=O) groups excluding carboxylic acids is 2. The molecule has 0 radical (unpaired) electrons. The third-order valence-corrected chi connectivity index (χ3v) is 3.53. The van der Waals surface area contributed by atoms with Gasteiger partial charge in [0.2, 0.25) is 5.91 Å². The van der Waals surface area contributed by atoms with Crippen molar-refractivity contribution in [1.82, 2.24) is 10.2 Å². The second kappa shape index (κ2) is 8.21. The minimum absolute atomic E-state index is 0.0429. The molecule has 0 spiro atoms. The van der Waals surface area contributed by atoms with Gasteiger partial charge in [-0.3, -0.25) is 14.9 Å². The topological polar surface area (TPSA) is 61.4 Å². The molecule has 2 aromatic rings. The molecule has 124 valence electrons. The fourth-order valence-corrected chi connectivity index (χ4v) is 2.18. The van der Waals surface area contributed by atoms with E-state index in [1.807, 2.05) is 30.3 Å². The minimum Gasteiger partial charge on any atom is -0.349 e. The van der Waals surface area contributed by atoms with Crippen molar-refractivity contribution < 1.29 is 9.59 Å². The van der Waals surface area contributed by atoms with Crippen LogP contribution in [-0.2, 0) is 11.2 Å². The zero-order chi connectivity index (χ0) is 17.5. The molecule has 0 aliphatic rings. The summed E-state index contributed by atoms with van der Waals surface area (Å²) in [5, 5.41) is 5.80. The van der Waals surface area contributed by atoms with Crippen molar-refractivity contribution >= 4 is 34.8 Å². The van der Waals surface area contributed by atoms with Crippen molar-refractivity contribution in [3.8, 4) is 0 Å². The summed E-state index contributed by atoms with van der Waals surface area (Å²) in [6, 6.07) is 16.2. The van der Waals surface area contributed by atoms with Crippen molar-refractivity contribution in [3.05, 3.63) is 65.7 Å². The van der Waals surface area contributed by atoms with E-state index in [0.29, 0.717) is 12.0 Å². The molecule has 2 amide bonds. The van der Waals surface area contributed by atoms with E-state index in [9.17, 15) is 9.59 Å². The molecule has 5 nitrogen and oxygen atoms in total. The van der Waals surface area contributed by atoms with Crippen LogP contribution in [0.1, 0.15) is 15.9 Å². The SMILES string of the molecule is CN(C)C(=O)Cc1ccc(NC(=S)NC(=O)c2ccccc2)cc1. The molecule has 0 saturated carbocycles. The van der Waals surface area contributed by atoms with Gasteiger partial charge < -0.3 is 10.2 Å². The Balaban J connectivity index is 1.90. The number of carbonyl (C=O) groups is 2. The van der Waals surface area contributed by atoms with Crippen molar-refractivity contribution in [2.45, 2.75) is 6.42 Å². The van der Waals surface area contributed by atoms with Gasteiger partial charge in [-0.15, -0.1) is 0 Å². The van der Waals surface area contributed by atoms with Gasteiger partial charge >= 0.3 is 0 Å². The third kappa shape index (κ3) is 5.17. The van der Waals surface area contributed by atoms with Crippen LogP contribution in [-0.4, -0.2) is 35.9 Å². The largest absolute Gasteiger partial charge is 0.349 e. The second-order valence-electron chi connectivity index (χ2n) is 5.44. The predicted molar refractivity (Wildman–Crippen MR) is 99.0 cm³/mol. The van der Waals surface area contributed by atoms with Crippen LogP contribution in [0.25, 0.3) is 0 Å². The Morgan fingerprint density at radius 1 is 1.00 bits per heavy atom. The van der Waals surface area contributed by atoms with Crippen molar-refractivity contribution in [3.63, 3.8) is 0 Å². The minimum atomic E-state index is -0.263. The molecule has 0 atom stereocenters. The van der Waals surface area contributed by atoms with E-state index in [4.69, 9.17) is 12.2 Å². The lowest BCUT2D eigenvalue weighted by atomic mass is 10.1. The molecule has 2 N–H and O–H groups in total. The zero-order valence-electron chi connectivity index (χ0n) is 13.6. The van der Waals surface area contributed by atoms with Gasteiger partial charge in [0, 0.05) is 25.3 Å². The Morgan fingerprint density at radius 2 is 1.62 bits per heavy atom. The van der Waals surface area contributed by atoms with Crippen LogP contribution in [0.5, 0.6) is 0 Å². The highest BCUT2D eigenvalue weighted by molar-refractivity contribution is 7.80.